The summed E-state index contributed by atoms with van der Waals surface area (Å²) in [7, 11) is 0. The minimum atomic E-state index is -0.815. The second kappa shape index (κ2) is 9.41. The molecule has 0 saturated carbocycles. The largest absolute Gasteiger partial charge is 0.494 e. The fraction of sp³-hybridized carbons (Fsp3) is 0.429. The first-order valence-corrected chi connectivity index (χ1v) is 9.54. The summed E-state index contributed by atoms with van der Waals surface area (Å²) in [6, 6.07) is 7.99. The Bertz CT molecular complexity index is 813. The summed E-state index contributed by atoms with van der Waals surface area (Å²) in [5.41, 5.74) is 7.23. The highest BCUT2D eigenvalue weighted by atomic mass is 16.3. The summed E-state index contributed by atoms with van der Waals surface area (Å²) in [6.45, 7) is 5.42. The van der Waals surface area contributed by atoms with Gasteiger partial charge >= 0.3 is 0 Å². The van der Waals surface area contributed by atoms with Crippen LogP contribution >= 0.6 is 0 Å². The summed E-state index contributed by atoms with van der Waals surface area (Å²) < 4.78 is 0. The van der Waals surface area contributed by atoms with E-state index in [9.17, 15) is 19.8 Å². The number of hydrogen-bond acceptors (Lipinski definition) is 5. The van der Waals surface area contributed by atoms with Crippen molar-refractivity contribution in [3.63, 3.8) is 0 Å². The minimum absolute atomic E-state index is 0.00191. The van der Waals surface area contributed by atoms with Crippen molar-refractivity contribution in [3.8, 4) is 11.8 Å². The van der Waals surface area contributed by atoms with Gasteiger partial charge in [0.1, 0.15) is 0 Å². The number of nitrogens with one attached hydrogen (secondary N) is 2. The van der Waals surface area contributed by atoms with Crippen LogP contribution in [0.4, 0.5) is 0 Å². The van der Waals surface area contributed by atoms with Gasteiger partial charge in [0, 0.05) is 18.0 Å². The molecule has 1 unspecified atom stereocenters. The number of ketones is 1. The Morgan fingerprint density at radius 1 is 1.11 bits per heavy atom. The average molecular weight is 387 g/mol. The lowest BCUT2D eigenvalue weighted by Gasteiger charge is -2.26. The van der Waals surface area contributed by atoms with Gasteiger partial charge in [0.2, 0.25) is 11.8 Å². The van der Waals surface area contributed by atoms with E-state index < -0.39 is 23.7 Å². The lowest BCUT2D eigenvalue weighted by molar-refractivity contribution is -0.122. The standard InChI is InChI=1S/C21H29N3O4/c1-4-13(5-2)18(19(26)17-12(3)20(27)24-21(17)28)23-16(25)11-15(22)14-9-7-6-8-10-14/h6-10,13,15,18,24,27-28H,4-5,11,22H2,1-3H3,(H,23,25)/t15-,18?/m0/s1. The van der Waals surface area contributed by atoms with Crippen molar-refractivity contribution in [1.82, 2.24) is 10.3 Å². The Morgan fingerprint density at radius 2 is 1.71 bits per heavy atom. The Morgan fingerprint density at radius 3 is 2.21 bits per heavy atom. The first-order valence-electron chi connectivity index (χ1n) is 9.54. The van der Waals surface area contributed by atoms with E-state index >= 15 is 0 Å². The van der Waals surface area contributed by atoms with Crippen molar-refractivity contribution < 1.29 is 19.8 Å². The van der Waals surface area contributed by atoms with Gasteiger partial charge in [0.05, 0.1) is 11.6 Å². The number of benzene rings is 1. The number of nitrogens with two attached hydrogens (primary N) is 1. The number of hydrogen-bond donors (Lipinski definition) is 5. The van der Waals surface area contributed by atoms with Crippen LogP contribution in [0.1, 0.15) is 60.6 Å². The van der Waals surface area contributed by atoms with Crippen molar-refractivity contribution in [2.24, 2.45) is 11.7 Å². The molecule has 6 N–H and O–H groups in total. The van der Waals surface area contributed by atoms with E-state index in [1.165, 1.54) is 6.92 Å². The average Bonchev–Trinajstić information content (AvgIpc) is 2.93. The molecule has 152 valence electrons. The topological polar surface area (TPSA) is 128 Å². The number of rotatable bonds is 9. The molecule has 28 heavy (non-hydrogen) atoms. The lowest BCUT2D eigenvalue weighted by atomic mass is 9.87. The number of H-pyrrole nitrogens is 1. The minimum Gasteiger partial charge on any atom is -0.494 e. The van der Waals surface area contributed by atoms with Crippen LogP contribution in [0.5, 0.6) is 11.8 Å². The summed E-state index contributed by atoms with van der Waals surface area (Å²) >= 11 is 0. The highest BCUT2D eigenvalue weighted by Crippen LogP contribution is 2.31. The van der Waals surface area contributed by atoms with E-state index in [-0.39, 0.29) is 35.3 Å². The predicted octanol–water partition coefficient (Wildman–Crippen LogP) is 2.93. The number of carbonyl (C=O) groups excluding carboxylic acids is 2. The SMILES string of the molecule is CCC(CC)C(NC(=O)C[C@H](N)c1ccccc1)C(=O)c1c(O)[nH]c(O)c1C. The number of aromatic hydroxyl groups is 2. The Kier molecular flexibility index (Phi) is 7.23. The van der Waals surface area contributed by atoms with E-state index in [1.54, 1.807) is 0 Å². The van der Waals surface area contributed by atoms with Crippen LogP contribution in [-0.4, -0.2) is 32.9 Å². The molecule has 1 amide bonds. The third kappa shape index (κ3) is 4.72. The van der Waals surface area contributed by atoms with Crippen molar-refractivity contribution in [1.29, 1.82) is 0 Å². The molecule has 0 aliphatic carbocycles. The molecule has 0 aliphatic rings. The number of Topliss-reactive ketones (excluding diaryl/α,β-unsaturated/α-hetero) is 1. The van der Waals surface area contributed by atoms with E-state index in [1.807, 2.05) is 44.2 Å². The summed E-state index contributed by atoms with van der Waals surface area (Å²) in [5.74, 6) is -1.53. The van der Waals surface area contributed by atoms with Gasteiger partial charge in [-0.2, -0.15) is 0 Å². The van der Waals surface area contributed by atoms with Gasteiger partial charge in [-0.1, -0.05) is 57.0 Å². The van der Waals surface area contributed by atoms with E-state index in [0.717, 1.165) is 5.56 Å². The molecular formula is C21H29N3O4. The van der Waals surface area contributed by atoms with Crippen molar-refractivity contribution in [2.45, 2.75) is 52.1 Å². The predicted molar refractivity (Wildman–Crippen MR) is 107 cm³/mol. The maximum atomic E-state index is 13.1. The molecule has 1 heterocycles. The molecule has 0 fully saturated rings. The number of aromatic nitrogens is 1. The monoisotopic (exact) mass is 387 g/mol. The van der Waals surface area contributed by atoms with Gasteiger partial charge in [-0.15, -0.1) is 0 Å². The Balaban J connectivity index is 2.21. The third-order valence-corrected chi connectivity index (χ3v) is 5.20. The smallest absolute Gasteiger partial charge is 0.222 e. The first-order chi connectivity index (χ1) is 13.3. The second-order valence-electron chi connectivity index (χ2n) is 7.03. The molecular weight excluding hydrogens is 358 g/mol. The molecule has 0 bridgehead atoms. The van der Waals surface area contributed by atoms with Crippen LogP contribution < -0.4 is 11.1 Å². The molecule has 0 radical (unpaired) electrons. The van der Waals surface area contributed by atoms with Gasteiger partial charge in [0.15, 0.2) is 11.7 Å². The van der Waals surface area contributed by atoms with E-state index in [0.29, 0.717) is 12.8 Å². The number of carbonyl (C=O) groups is 2. The number of aromatic amines is 1. The molecule has 0 aliphatic heterocycles. The fourth-order valence-electron chi connectivity index (χ4n) is 3.43. The lowest BCUT2D eigenvalue weighted by Crippen LogP contribution is -2.46. The first kappa shape index (κ1) is 21.5. The van der Waals surface area contributed by atoms with Crippen LogP contribution in [0.3, 0.4) is 0 Å². The zero-order chi connectivity index (χ0) is 20.8. The summed E-state index contributed by atoms with van der Waals surface area (Å²) in [4.78, 5) is 28.1. The van der Waals surface area contributed by atoms with Gasteiger partial charge in [0.25, 0.3) is 0 Å². The quantitative estimate of drug-likeness (QED) is 0.423. The zero-order valence-electron chi connectivity index (χ0n) is 16.5. The van der Waals surface area contributed by atoms with E-state index in [2.05, 4.69) is 10.3 Å². The van der Waals surface area contributed by atoms with Crippen molar-refractivity contribution in [3.05, 3.63) is 47.0 Å². The van der Waals surface area contributed by atoms with Gasteiger partial charge in [-0.05, 0) is 18.4 Å². The van der Waals surface area contributed by atoms with Crippen LogP contribution in [0, 0.1) is 12.8 Å². The van der Waals surface area contributed by atoms with Gasteiger partial charge in [-0.3, -0.25) is 14.6 Å². The van der Waals surface area contributed by atoms with Crippen LogP contribution in [0.25, 0.3) is 0 Å². The second-order valence-corrected chi connectivity index (χ2v) is 7.03. The molecule has 2 rings (SSSR count). The maximum absolute atomic E-state index is 13.1. The highest BCUT2D eigenvalue weighted by Gasteiger charge is 2.33. The molecule has 1 aromatic carbocycles. The molecule has 7 heteroatoms. The normalized spacial score (nSPS) is 13.3. The highest BCUT2D eigenvalue weighted by molar-refractivity contribution is 6.05. The molecule has 0 spiro atoms. The Labute approximate surface area is 165 Å². The van der Waals surface area contributed by atoms with Crippen molar-refractivity contribution >= 4 is 11.7 Å². The molecule has 0 saturated heterocycles. The molecule has 2 atom stereocenters. The molecule has 7 nitrogen and oxygen atoms in total. The van der Waals surface area contributed by atoms with Crippen LogP contribution in [0.15, 0.2) is 30.3 Å². The fourth-order valence-corrected chi connectivity index (χ4v) is 3.43. The number of amides is 1. The molecule has 2 aromatic rings. The Hall–Kier alpha value is -2.80. The zero-order valence-corrected chi connectivity index (χ0v) is 16.5. The van der Waals surface area contributed by atoms with Crippen molar-refractivity contribution in [2.75, 3.05) is 0 Å². The van der Waals surface area contributed by atoms with Gasteiger partial charge in [-0.25, -0.2) is 0 Å². The molecule has 1 aromatic heterocycles. The van der Waals surface area contributed by atoms with Gasteiger partial charge < -0.3 is 21.3 Å². The van der Waals surface area contributed by atoms with Crippen LogP contribution in [-0.2, 0) is 4.79 Å². The summed E-state index contributed by atoms with van der Waals surface area (Å²) in [6.07, 6.45) is 1.39. The van der Waals surface area contributed by atoms with E-state index in [4.69, 9.17) is 5.73 Å². The van der Waals surface area contributed by atoms with Crippen LogP contribution in [0.2, 0.25) is 0 Å². The maximum Gasteiger partial charge on any atom is 0.222 e. The third-order valence-electron chi connectivity index (χ3n) is 5.20. The summed E-state index contributed by atoms with van der Waals surface area (Å²) in [5, 5.41) is 22.6.